The Balaban J connectivity index is 1.42. The summed E-state index contributed by atoms with van der Waals surface area (Å²) < 4.78 is 0. The van der Waals surface area contributed by atoms with Crippen LogP contribution >= 0.6 is 0 Å². The maximum Gasteiger partial charge on any atom is 0.174 e. The smallest absolute Gasteiger partial charge is 0.174 e. The van der Waals surface area contributed by atoms with Gasteiger partial charge in [-0.05, 0) is 97.2 Å². The van der Waals surface area contributed by atoms with E-state index in [0.29, 0.717) is 23.7 Å². The predicted octanol–water partition coefficient (Wildman–Crippen LogP) is 3.37. The highest BCUT2D eigenvalue weighted by Crippen LogP contribution is 2.69. The molecule has 4 aliphatic carbocycles. The summed E-state index contributed by atoms with van der Waals surface area (Å²) in [7, 11) is 0. The van der Waals surface area contributed by atoms with E-state index in [1.807, 2.05) is 0 Å². The number of H-pyrrole nitrogens is 1. The monoisotopic (exact) mass is 460 g/mol. The number of aliphatic hydroxyl groups is 3. The molecule has 1 aromatic heterocycles. The molecular formula is C26H44N4O3. The van der Waals surface area contributed by atoms with Gasteiger partial charge in [-0.3, -0.25) is 0 Å². The summed E-state index contributed by atoms with van der Waals surface area (Å²) in [5.41, 5.74) is 0.242. The van der Waals surface area contributed by atoms with Crippen molar-refractivity contribution in [3.63, 3.8) is 0 Å². The van der Waals surface area contributed by atoms with E-state index in [1.165, 1.54) is 0 Å². The first kappa shape index (κ1) is 23.7. The summed E-state index contributed by atoms with van der Waals surface area (Å²) in [4.78, 5) is 0. The minimum absolute atomic E-state index is 0.0495. The molecule has 4 aliphatic rings. The number of nitrogens with one attached hydrogen (secondary N) is 1. The van der Waals surface area contributed by atoms with Crippen LogP contribution in [0.1, 0.15) is 84.9 Å². The van der Waals surface area contributed by atoms with E-state index < -0.39 is 0 Å². The van der Waals surface area contributed by atoms with E-state index in [9.17, 15) is 15.3 Å². The van der Waals surface area contributed by atoms with Gasteiger partial charge in [-0.15, -0.1) is 10.2 Å². The lowest BCUT2D eigenvalue weighted by Gasteiger charge is -2.64. The summed E-state index contributed by atoms with van der Waals surface area (Å²) in [5.74, 6) is 3.11. The van der Waals surface area contributed by atoms with Crippen molar-refractivity contribution in [1.82, 2.24) is 20.6 Å². The summed E-state index contributed by atoms with van der Waals surface area (Å²) in [6.45, 7) is 9.37. The molecule has 4 unspecified atom stereocenters. The van der Waals surface area contributed by atoms with Crippen LogP contribution < -0.4 is 0 Å². The molecule has 1 heterocycles. The van der Waals surface area contributed by atoms with Crippen LogP contribution in [0.2, 0.25) is 0 Å². The first-order valence-electron chi connectivity index (χ1n) is 13.5. The van der Waals surface area contributed by atoms with E-state index in [4.69, 9.17) is 0 Å². The molecule has 0 spiro atoms. The highest BCUT2D eigenvalue weighted by Gasteiger charge is 2.66. The Labute approximate surface area is 198 Å². The van der Waals surface area contributed by atoms with Crippen LogP contribution in [-0.4, -0.2) is 54.3 Å². The Kier molecular flexibility index (Phi) is 6.14. The van der Waals surface area contributed by atoms with Crippen molar-refractivity contribution in [3.05, 3.63) is 5.82 Å². The van der Waals surface area contributed by atoms with Crippen molar-refractivity contribution in [2.75, 3.05) is 0 Å². The standard InChI is InChI=1S/C26H44N4O3/c1-5-16-18-12-15(31)8-10-25(18,3)17-9-11-26(4)19(22(17)24(16)33)13-20(32)23(26)14(2)6-7-21-27-29-30-28-21/h14-20,22-24,31-33H,5-13H2,1-4H3,(H,27,28,29,30)/t14-,15-,16-,17?,18+,19?,20+,22?,23+,24?,25-,26+/m1/s1. The molecule has 0 aliphatic heterocycles. The Bertz CT molecular complexity index is 820. The molecule has 12 atom stereocenters. The van der Waals surface area contributed by atoms with Crippen LogP contribution in [-0.2, 0) is 6.42 Å². The zero-order chi connectivity index (χ0) is 23.5. The molecule has 33 heavy (non-hydrogen) atoms. The highest BCUT2D eigenvalue weighted by molar-refractivity contribution is 5.15. The van der Waals surface area contributed by atoms with E-state index >= 15 is 0 Å². The lowest BCUT2D eigenvalue weighted by Crippen LogP contribution is -2.62. The summed E-state index contributed by atoms with van der Waals surface area (Å²) >= 11 is 0. The molecule has 4 saturated carbocycles. The third-order valence-electron chi connectivity index (χ3n) is 11.3. The number of hydrogen-bond acceptors (Lipinski definition) is 6. The minimum atomic E-state index is -0.325. The summed E-state index contributed by atoms with van der Waals surface area (Å²) in [6.07, 6.45) is 7.70. The first-order chi connectivity index (χ1) is 15.7. The maximum atomic E-state index is 11.8. The molecule has 1 aromatic rings. The molecule has 7 heteroatoms. The highest BCUT2D eigenvalue weighted by atomic mass is 16.3. The number of aromatic nitrogens is 4. The van der Waals surface area contributed by atoms with Crippen molar-refractivity contribution in [1.29, 1.82) is 0 Å². The van der Waals surface area contributed by atoms with Crippen molar-refractivity contribution in [3.8, 4) is 0 Å². The number of hydrogen-bond donors (Lipinski definition) is 4. The summed E-state index contributed by atoms with van der Waals surface area (Å²) in [6, 6.07) is 0. The fraction of sp³-hybridized carbons (Fsp3) is 0.962. The van der Waals surface area contributed by atoms with Crippen molar-refractivity contribution < 1.29 is 15.3 Å². The van der Waals surface area contributed by atoms with Gasteiger partial charge in [0, 0.05) is 6.42 Å². The first-order valence-corrected chi connectivity index (χ1v) is 13.5. The van der Waals surface area contributed by atoms with E-state index in [0.717, 1.165) is 63.6 Å². The van der Waals surface area contributed by atoms with Crippen LogP contribution in [0.5, 0.6) is 0 Å². The normalized spacial score (nSPS) is 50.3. The van der Waals surface area contributed by atoms with Gasteiger partial charge in [0.1, 0.15) is 0 Å². The molecule has 7 nitrogen and oxygen atoms in total. The number of aromatic amines is 1. The Morgan fingerprint density at radius 3 is 2.48 bits per heavy atom. The number of aryl methyl sites for hydroxylation is 1. The van der Waals surface area contributed by atoms with Crippen LogP contribution in [0.15, 0.2) is 0 Å². The topological polar surface area (TPSA) is 115 Å². The Morgan fingerprint density at radius 2 is 1.79 bits per heavy atom. The van der Waals surface area contributed by atoms with Gasteiger partial charge in [-0.2, -0.15) is 5.21 Å². The van der Waals surface area contributed by atoms with Gasteiger partial charge < -0.3 is 15.3 Å². The molecule has 0 bridgehead atoms. The molecule has 4 N–H and O–H groups in total. The number of tetrazole rings is 1. The van der Waals surface area contributed by atoms with Gasteiger partial charge in [0.15, 0.2) is 5.82 Å². The lowest BCUT2D eigenvalue weighted by atomic mass is 9.41. The molecule has 0 aromatic carbocycles. The van der Waals surface area contributed by atoms with Crippen molar-refractivity contribution in [2.24, 2.45) is 52.3 Å². The zero-order valence-corrected chi connectivity index (χ0v) is 20.8. The zero-order valence-electron chi connectivity index (χ0n) is 20.8. The maximum absolute atomic E-state index is 11.8. The Morgan fingerprint density at radius 1 is 1.03 bits per heavy atom. The largest absolute Gasteiger partial charge is 0.393 e. The quantitative estimate of drug-likeness (QED) is 0.536. The van der Waals surface area contributed by atoms with E-state index in [-0.39, 0.29) is 46.9 Å². The van der Waals surface area contributed by atoms with Gasteiger partial charge in [0.05, 0.1) is 18.3 Å². The van der Waals surface area contributed by atoms with Crippen LogP contribution in [0, 0.1) is 52.3 Å². The third kappa shape index (κ3) is 3.59. The molecule has 186 valence electrons. The predicted molar refractivity (Wildman–Crippen MR) is 125 cm³/mol. The van der Waals surface area contributed by atoms with Crippen LogP contribution in [0.25, 0.3) is 0 Å². The fourth-order valence-electron chi connectivity index (χ4n) is 9.87. The van der Waals surface area contributed by atoms with Crippen molar-refractivity contribution in [2.45, 2.75) is 104 Å². The third-order valence-corrected chi connectivity index (χ3v) is 11.3. The molecule has 5 rings (SSSR count). The number of nitrogens with zero attached hydrogens (tertiary/aromatic N) is 3. The SMILES string of the molecule is CC[C@H]1C(O)C2C3C[C@H](O)[C@H]([C@H](C)CCc4nn[nH]n4)[C@@]3(C)CCC2[C@@]2(C)CC[C@@H](O)C[C@@H]12. The number of rotatable bonds is 5. The van der Waals surface area contributed by atoms with E-state index in [1.54, 1.807) is 0 Å². The average Bonchev–Trinajstić information content (AvgIpc) is 3.38. The van der Waals surface area contributed by atoms with Crippen molar-refractivity contribution >= 4 is 0 Å². The lowest BCUT2D eigenvalue weighted by molar-refractivity contribution is -0.203. The van der Waals surface area contributed by atoms with Gasteiger partial charge in [0.25, 0.3) is 0 Å². The second-order valence-corrected chi connectivity index (χ2v) is 12.6. The average molecular weight is 461 g/mol. The van der Waals surface area contributed by atoms with Gasteiger partial charge in [0.2, 0.25) is 0 Å². The minimum Gasteiger partial charge on any atom is -0.393 e. The summed E-state index contributed by atoms with van der Waals surface area (Å²) in [5, 5.41) is 48.1. The molecule has 0 amide bonds. The Hall–Kier alpha value is -1.05. The second-order valence-electron chi connectivity index (χ2n) is 12.6. The number of fused-ring (bicyclic) bond motifs is 5. The van der Waals surface area contributed by atoms with Crippen LogP contribution in [0.3, 0.4) is 0 Å². The van der Waals surface area contributed by atoms with E-state index in [2.05, 4.69) is 48.3 Å². The molecular weight excluding hydrogens is 416 g/mol. The van der Waals surface area contributed by atoms with Crippen LogP contribution in [0.4, 0.5) is 0 Å². The molecule has 4 fully saturated rings. The fourth-order valence-corrected chi connectivity index (χ4v) is 9.87. The van der Waals surface area contributed by atoms with Gasteiger partial charge in [-0.25, -0.2) is 0 Å². The number of aliphatic hydroxyl groups excluding tert-OH is 3. The van der Waals surface area contributed by atoms with Gasteiger partial charge >= 0.3 is 0 Å². The van der Waals surface area contributed by atoms with Gasteiger partial charge in [-0.1, -0.05) is 39.3 Å². The molecule has 0 saturated heterocycles. The molecule has 0 radical (unpaired) electrons. The second kappa shape index (κ2) is 8.56.